The van der Waals surface area contributed by atoms with E-state index < -0.39 is 34.1 Å². The van der Waals surface area contributed by atoms with Crippen LogP contribution in [0.4, 0.5) is 4.79 Å². The maximum atomic E-state index is 11.5. The number of urea groups is 1. The Balaban J connectivity index is 4.17. The maximum Gasteiger partial charge on any atom is 0.321 e. The van der Waals surface area contributed by atoms with E-state index in [-0.39, 0.29) is 12.5 Å². The van der Waals surface area contributed by atoms with Gasteiger partial charge in [-0.3, -0.25) is 19.1 Å². The molecule has 0 aliphatic rings. The molecule has 0 saturated heterocycles. The van der Waals surface area contributed by atoms with Crippen LogP contribution in [0.2, 0.25) is 0 Å². The van der Waals surface area contributed by atoms with Gasteiger partial charge < -0.3 is 10.4 Å². The summed E-state index contributed by atoms with van der Waals surface area (Å²) in [6.07, 6.45) is 1.82. The van der Waals surface area contributed by atoms with Crippen molar-refractivity contribution in [1.82, 2.24) is 10.6 Å². The number of rotatable bonds is 7. The molecule has 3 amide bonds. The van der Waals surface area contributed by atoms with E-state index in [0.29, 0.717) is 12.2 Å². The Hall–Kier alpha value is -1.44. The first kappa shape index (κ1) is 18.6. The molecule has 2 unspecified atom stereocenters. The number of hydrogen-bond acceptors (Lipinski definition) is 4. The van der Waals surface area contributed by atoms with Crippen LogP contribution >= 0.6 is 0 Å². The molecule has 0 aromatic rings. The normalized spacial score (nSPS) is 14.2. The largest absolute Gasteiger partial charge is 0.481 e. The number of carboxylic acid groups (broad SMARTS) is 1. The van der Waals surface area contributed by atoms with Crippen molar-refractivity contribution in [2.45, 2.75) is 39.7 Å². The Labute approximate surface area is 121 Å². The van der Waals surface area contributed by atoms with Gasteiger partial charge >= 0.3 is 12.0 Å². The molecule has 7 nitrogen and oxygen atoms in total. The van der Waals surface area contributed by atoms with E-state index >= 15 is 0 Å². The van der Waals surface area contributed by atoms with E-state index in [1.807, 2.05) is 0 Å². The predicted molar refractivity (Wildman–Crippen MR) is 75.7 cm³/mol. The van der Waals surface area contributed by atoms with Gasteiger partial charge in [0.05, 0.1) is 5.41 Å². The Morgan fingerprint density at radius 2 is 1.85 bits per heavy atom. The number of carbonyl (C=O) groups is 3. The minimum atomic E-state index is -1.23. The lowest BCUT2D eigenvalue weighted by Gasteiger charge is -2.18. The molecule has 0 spiro atoms. The standard InChI is InChI=1S/C12H22N2O5S/c1-8(5-6-20(4)19)13-11(18)14-9(15)7-12(2,3)10(16)17/h8H,5-7H2,1-4H3,(H,16,17)(H2,13,14,15,18). The maximum absolute atomic E-state index is 11.5. The number of carboxylic acids is 1. The summed E-state index contributed by atoms with van der Waals surface area (Å²) < 4.78 is 10.9. The highest BCUT2D eigenvalue weighted by molar-refractivity contribution is 7.84. The second-order valence-corrected chi connectivity index (χ2v) is 6.91. The summed E-state index contributed by atoms with van der Waals surface area (Å²) in [6.45, 7) is 4.55. The van der Waals surface area contributed by atoms with Gasteiger partial charge in [-0.05, 0) is 27.2 Å². The quantitative estimate of drug-likeness (QED) is 0.633. The average Bonchev–Trinajstić information content (AvgIpc) is 2.24. The van der Waals surface area contributed by atoms with E-state index in [9.17, 15) is 18.6 Å². The molecule has 0 aliphatic carbocycles. The van der Waals surface area contributed by atoms with Gasteiger partial charge in [0.1, 0.15) is 0 Å². The molecule has 0 aromatic carbocycles. The molecule has 0 heterocycles. The first-order valence-corrected chi connectivity index (χ1v) is 7.91. The fraction of sp³-hybridized carbons (Fsp3) is 0.750. The minimum absolute atomic E-state index is 0.223. The summed E-state index contributed by atoms with van der Waals surface area (Å²) in [5.41, 5.74) is -1.23. The van der Waals surface area contributed by atoms with E-state index in [1.54, 1.807) is 13.2 Å². The van der Waals surface area contributed by atoms with E-state index in [2.05, 4.69) is 10.6 Å². The minimum Gasteiger partial charge on any atom is -0.481 e. The van der Waals surface area contributed by atoms with Crippen molar-refractivity contribution >= 4 is 28.7 Å². The molecule has 8 heteroatoms. The molecule has 0 aromatic heterocycles. The summed E-state index contributed by atoms with van der Waals surface area (Å²) >= 11 is 0. The monoisotopic (exact) mass is 306 g/mol. The number of nitrogens with one attached hydrogen (secondary N) is 2. The highest BCUT2D eigenvalue weighted by Crippen LogP contribution is 2.19. The van der Waals surface area contributed by atoms with Crippen molar-refractivity contribution in [2.75, 3.05) is 12.0 Å². The van der Waals surface area contributed by atoms with Crippen LogP contribution in [0.15, 0.2) is 0 Å². The summed E-state index contributed by atoms with van der Waals surface area (Å²) in [5.74, 6) is -1.30. The first-order chi connectivity index (χ1) is 9.04. The SMILES string of the molecule is CC(CCS(C)=O)NC(=O)NC(=O)CC(C)(C)C(=O)O. The van der Waals surface area contributed by atoms with Crippen molar-refractivity contribution in [3.63, 3.8) is 0 Å². The summed E-state index contributed by atoms with van der Waals surface area (Å²) in [5, 5.41) is 13.5. The van der Waals surface area contributed by atoms with E-state index in [0.717, 1.165) is 0 Å². The zero-order valence-electron chi connectivity index (χ0n) is 12.2. The number of hydrogen-bond donors (Lipinski definition) is 3. The average molecular weight is 306 g/mol. The molecule has 20 heavy (non-hydrogen) atoms. The predicted octanol–water partition coefficient (Wildman–Crippen LogP) is 0.470. The van der Waals surface area contributed by atoms with Crippen LogP contribution in [0.5, 0.6) is 0 Å². The van der Waals surface area contributed by atoms with Gasteiger partial charge in [-0.15, -0.1) is 0 Å². The zero-order chi connectivity index (χ0) is 15.9. The Bertz CT molecular complexity index is 409. The molecule has 0 bridgehead atoms. The van der Waals surface area contributed by atoms with E-state index in [4.69, 9.17) is 5.11 Å². The molecule has 0 radical (unpaired) electrons. The van der Waals surface area contributed by atoms with Gasteiger partial charge in [0.25, 0.3) is 0 Å². The Morgan fingerprint density at radius 1 is 1.30 bits per heavy atom. The van der Waals surface area contributed by atoms with Crippen molar-refractivity contribution in [3.8, 4) is 0 Å². The molecular formula is C12H22N2O5S. The van der Waals surface area contributed by atoms with Gasteiger partial charge in [0, 0.05) is 35.3 Å². The topological polar surface area (TPSA) is 113 Å². The van der Waals surface area contributed by atoms with Gasteiger partial charge in [0.15, 0.2) is 0 Å². The van der Waals surface area contributed by atoms with Crippen molar-refractivity contribution in [1.29, 1.82) is 0 Å². The van der Waals surface area contributed by atoms with Crippen LogP contribution in [0.25, 0.3) is 0 Å². The van der Waals surface area contributed by atoms with Crippen LogP contribution in [-0.2, 0) is 20.4 Å². The lowest BCUT2D eigenvalue weighted by Crippen LogP contribution is -2.45. The lowest BCUT2D eigenvalue weighted by molar-refractivity contribution is -0.149. The molecule has 0 rings (SSSR count). The van der Waals surface area contributed by atoms with Gasteiger partial charge in [-0.25, -0.2) is 4.79 Å². The van der Waals surface area contributed by atoms with Gasteiger partial charge in [-0.1, -0.05) is 0 Å². The molecule has 3 N–H and O–H groups in total. The number of carbonyl (C=O) groups excluding carboxylic acids is 2. The molecule has 2 atom stereocenters. The third kappa shape index (κ3) is 7.88. The molecule has 0 aliphatic heterocycles. The first-order valence-electron chi connectivity index (χ1n) is 6.18. The lowest BCUT2D eigenvalue weighted by atomic mass is 9.89. The molecular weight excluding hydrogens is 284 g/mol. The van der Waals surface area contributed by atoms with Crippen LogP contribution in [0.3, 0.4) is 0 Å². The van der Waals surface area contributed by atoms with Gasteiger partial charge in [0.2, 0.25) is 5.91 Å². The van der Waals surface area contributed by atoms with Crippen LogP contribution in [0.1, 0.15) is 33.6 Å². The summed E-state index contributed by atoms with van der Waals surface area (Å²) in [7, 11) is -0.934. The molecule has 116 valence electrons. The zero-order valence-corrected chi connectivity index (χ0v) is 13.0. The number of imide groups is 1. The molecule has 0 saturated carbocycles. The number of amides is 3. The fourth-order valence-corrected chi connectivity index (χ4v) is 2.01. The Morgan fingerprint density at radius 3 is 2.30 bits per heavy atom. The summed E-state index contributed by atoms with van der Waals surface area (Å²) in [6, 6.07) is -0.898. The van der Waals surface area contributed by atoms with E-state index in [1.165, 1.54) is 13.8 Å². The highest BCUT2D eigenvalue weighted by atomic mass is 32.2. The second-order valence-electron chi connectivity index (χ2n) is 5.35. The Kier molecular flexibility index (Phi) is 7.41. The molecule has 0 fully saturated rings. The fourth-order valence-electron chi connectivity index (χ4n) is 1.32. The third-order valence-corrected chi connectivity index (χ3v) is 3.46. The number of aliphatic carboxylic acids is 1. The summed E-state index contributed by atoms with van der Waals surface area (Å²) in [4.78, 5) is 33.9. The van der Waals surface area contributed by atoms with Crippen molar-refractivity contribution in [3.05, 3.63) is 0 Å². The van der Waals surface area contributed by atoms with Gasteiger partial charge in [-0.2, -0.15) is 0 Å². The van der Waals surface area contributed by atoms with Crippen LogP contribution < -0.4 is 10.6 Å². The highest BCUT2D eigenvalue weighted by Gasteiger charge is 2.30. The van der Waals surface area contributed by atoms with Crippen LogP contribution in [-0.4, -0.2) is 45.3 Å². The van der Waals surface area contributed by atoms with Crippen molar-refractivity contribution < 1.29 is 23.7 Å². The third-order valence-electron chi connectivity index (χ3n) is 2.65. The smallest absolute Gasteiger partial charge is 0.321 e. The second kappa shape index (κ2) is 7.98. The van der Waals surface area contributed by atoms with Crippen LogP contribution in [0, 0.1) is 5.41 Å². The van der Waals surface area contributed by atoms with Crippen molar-refractivity contribution in [2.24, 2.45) is 5.41 Å².